The molecule has 3 nitrogen and oxygen atoms in total. The Morgan fingerprint density at radius 1 is 1.67 bits per heavy atom. The lowest BCUT2D eigenvalue weighted by molar-refractivity contribution is -0.112. The lowest BCUT2D eigenvalue weighted by Gasteiger charge is -2.06. The maximum Gasteiger partial charge on any atom is 0.160 e. The molecular formula is C6H12O3. The van der Waals surface area contributed by atoms with Crippen LogP contribution in [-0.2, 0) is 9.47 Å². The highest BCUT2D eigenvalue weighted by atomic mass is 16.7. The molecule has 3 heteroatoms. The van der Waals surface area contributed by atoms with Gasteiger partial charge in [0.25, 0.3) is 0 Å². The number of rotatable bonds is 1. The zero-order valence-electron chi connectivity index (χ0n) is 5.70. The second kappa shape index (κ2) is 2.64. The maximum absolute atomic E-state index is 9.09. The Balaban J connectivity index is 2.35. The standard InChI is InChI=1S/C6H12O3/c1-4-5(7)3-6(8-2)9-4/h4-7H,3H2,1-2H3. The second-order valence-corrected chi connectivity index (χ2v) is 2.31. The van der Waals surface area contributed by atoms with E-state index in [0.29, 0.717) is 6.42 Å². The fourth-order valence-electron chi connectivity index (χ4n) is 0.926. The number of methoxy groups -OCH3 is 1. The fraction of sp³-hybridized carbons (Fsp3) is 1.00. The van der Waals surface area contributed by atoms with E-state index in [1.165, 1.54) is 0 Å². The van der Waals surface area contributed by atoms with Crippen molar-refractivity contribution in [1.29, 1.82) is 0 Å². The molecule has 0 radical (unpaired) electrons. The largest absolute Gasteiger partial charge is 0.390 e. The lowest BCUT2D eigenvalue weighted by atomic mass is 10.2. The predicted molar refractivity (Wildman–Crippen MR) is 32.0 cm³/mol. The van der Waals surface area contributed by atoms with Gasteiger partial charge in [0.05, 0.1) is 12.2 Å². The third-order valence-electron chi connectivity index (χ3n) is 1.61. The van der Waals surface area contributed by atoms with Crippen molar-refractivity contribution in [2.24, 2.45) is 0 Å². The van der Waals surface area contributed by atoms with Crippen molar-refractivity contribution in [2.75, 3.05) is 7.11 Å². The highest BCUT2D eigenvalue weighted by molar-refractivity contribution is 4.73. The summed E-state index contributed by atoms with van der Waals surface area (Å²) in [5.41, 5.74) is 0. The van der Waals surface area contributed by atoms with Crippen LogP contribution in [0.1, 0.15) is 13.3 Å². The van der Waals surface area contributed by atoms with Crippen LogP contribution in [0.25, 0.3) is 0 Å². The Bertz CT molecular complexity index is 84.3. The molecule has 3 atom stereocenters. The first-order valence-electron chi connectivity index (χ1n) is 3.10. The van der Waals surface area contributed by atoms with Crippen LogP contribution in [0.15, 0.2) is 0 Å². The van der Waals surface area contributed by atoms with Crippen LogP contribution in [0.2, 0.25) is 0 Å². The van der Waals surface area contributed by atoms with Crippen molar-refractivity contribution < 1.29 is 14.6 Å². The third kappa shape index (κ3) is 1.41. The van der Waals surface area contributed by atoms with E-state index in [1.54, 1.807) is 7.11 Å². The Kier molecular flexibility index (Phi) is 2.05. The Morgan fingerprint density at radius 3 is 2.56 bits per heavy atom. The summed E-state index contributed by atoms with van der Waals surface area (Å²) in [6.45, 7) is 1.84. The van der Waals surface area contributed by atoms with E-state index < -0.39 is 0 Å². The van der Waals surface area contributed by atoms with Gasteiger partial charge in [0.15, 0.2) is 6.29 Å². The number of aliphatic hydroxyl groups excluding tert-OH is 1. The molecule has 0 aromatic carbocycles. The number of ether oxygens (including phenoxy) is 2. The van der Waals surface area contributed by atoms with Gasteiger partial charge in [-0.3, -0.25) is 0 Å². The van der Waals surface area contributed by atoms with E-state index in [-0.39, 0.29) is 18.5 Å². The molecular weight excluding hydrogens is 120 g/mol. The van der Waals surface area contributed by atoms with Crippen LogP contribution in [0.5, 0.6) is 0 Å². The molecule has 0 bridgehead atoms. The van der Waals surface area contributed by atoms with Crippen molar-refractivity contribution in [3.63, 3.8) is 0 Å². The lowest BCUT2D eigenvalue weighted by Crippen LogP contribution is -2.15. The van der Waals surface area contributed by atoms with Crippen molar-refractivity contribution in [1.82, 2.24) is 0 Å². The van der Waals surface area contributed by atoms with E-state index in [1.807, 2.05) is 6.92 Å². The van der Waals surface area contributed by atoms with Crippen molar-refractivity contribution in [3.05, 3.63) is 0 Å². The van der Waals surface area contributed by atoms with Gasteiger partial charge >= 0.3 is 0 Å². The molecule has 1 N–H and O–H groups in total. The summed E-state index contributed by atoms with van der Waals surface area (Å²) in [5.74, 6) is 0. The normalized spacial score (nSPS) is 43.7. The topological polar surface area (TPSA) is 38.7 Å². The Hall–Kier alpha value is -0.120. The molecule has 0 amide bonds. The van der Waals surface area contributed by atoms with Gasteiger partial charge in [0.1, 0.15) is 0 Å². The molecule has 3 unspecified atom stereocenters. The van der Waals surface area contributed by atoms with Gasteiger partial charge < -0.3 is 14.6 Å². The Morgan fingerprint density at radius 2 is 2.33 bits per heavy atom. The molecule has 0 aromatic rings. The SMILES string of the molecule is COC1CC(O)C(C)O1. The quantitative estimate of drug-likeness (QED) is 0.551. The highest BCUT2D eigenvalue weighted by Crippen LogP contribution is 2.19. The zero-order valence-corrected chi connectivity index (χ0v) is 5.70. The molecule has 1 rings (SSSR count). The van der Waals surface area contributed by atoms with E-state index in [2.05, 4.69) is 0 Å². The minimum Gasteiger partial charge on any atom is -0.390 e. The van der Waals surface area contributed by atoms with Crippen LogP contribution in [0, 0.1) is 0 Å². The van der Waals surface area contributed by atoms with Crippen LogP contribution < -0.4 is 0 Å². The van der Waals surface area contributed by atoms with Crippen LogP contribution >= 0.6 is 0 Å². The van der Waals surface area contributed by atoms with Gasteiger partial charge in [0, 0.05) is 13.5 Å². The molecule has 54 valence electrons. The summed E-state index contributed by atoms with van der Waals surface area (Å²) in [4.78, 5) is 0. The predicted octanol–water partition coefficient (Wildman–Crippen LogP) is 0.129. The van der Waals surface area contributed by atoms with Gasteiger partial charge in [0.2, 0.25) is 0 Å². The number of aliphatic hydroxyl groups is 1. The first-order chi connectivity index (χ1) is 4.24. The summed E-state index contributed by atoms with van der Waals surface area (Å²) in [5, 5.41) is 9.09. The van der Waals surface area contributed by atoms with Crippen LogP contribution in [-0.4, -0.2) is 30.7 Å². The summed E-state index contributed by atoms with van der Waals surface area (Å²) in [6, 6.07) is 0. The molecule has 1 aliphatic heterocycles. The van der Waals surface area contributed by atoms with Gasteiger partial charge in [-0.05, 0) is 6.92 Å². The maximum atomic E-state index is 9.09. The Labute approximate surface area is 54.6 Å². The number of hydrogen-bond donors (Lipinski definition) is 1. The minimum absolute atomic E-state index is 0.0741. The second-order valence-electron chi connectivity index (χ2n) is 2.31. The fourth-order valence-corrected chi connectivity index (χ4v) is 0.926. The molecule has 1 saturated heterocycles. The van der Waals surface area contributed by atoms with Gasteiger partial charge in [-0.15, -0.1) is 0 Å². The molecule has 1 fully saturated rings. The first kappa shape index (κ1) is 6.99. The average Bonchev–Trinajstić information content (AvgIpc) is 2.13. The van der Waals surface area contributed by atoms with E-state index in [9.17, 15) is 0 Å². The van der Waals surface area contributed by atoms with E-state index in [4.69, 9.17) is 14.6 Å². The summed E-state index contributed by atoms with van der Waals surface area (Å²) < 4.78 is 10.0. The molecule has 1 aliphatic rings. The molecule has 1 heterocycles. The van der Waals surface area contributed by atoms with Crippen molar-refractivity contribution in [3.8, 4) is 0 Å². The van der Waals surface area contributed by atoms with Gasteiger partial charge in [-0.1, -0.05) is 0 Å². The molecule has 0 saturated carbocycles. The van der Waals surface area contributed by atoms with E-state index >= 15 is 0 Å². The van der Waals surface area contributed by atoms with Crippen molar-refractivity contribution >= 4 is 0 Å². The van der Waals surface area contributed by atoms with Gasteiger partial charge in [-0.25, -0.2) is 0 Å². The zero-order chi connectivity index (χ0) is 6.85. The molecule has 0 spiro atoms. The third-order valence-corrected chi connectivity index (χ3v) is 1.61. The smallest absolute Gasteiger partial charge is 0.160 e. The first-order valence-corrected chi connectivity index (χ1v) is 3.10. The van der Waals surface area contributed by atoms with Gasteiger partial charge in [-0.2, -0.15) is 0 Å². The number of hydrogen-bond acceptors (Lipinski definition) is 3. The minimum atomic E-state index is -0.352. The molecule has 9 heavy (non-hydrogen) atoms. The summed E-state index contributed by atoms with van der Waals surface area (Å²) >= 11 is 0. The monoisotopic (exact) mass is 132 g/mol. The van der Waals surface area contributed by atoms with Crippen LogP contribution in [0.3, 0.4) is 0 Å². The van der Waals surface area contributed by atoms with Crippen LogP contribution in [0.4, 0.5) is 0 Å². The van der Waals surface area contributed by atoms with Crippen molar-refractivity contribution in [2.45, 2.75) is 31.8 Å². The average molecular weight is 132 g/mol. The van der Waals surface area contributed by atoms with E-state index in [0.717, 1.165) is 0 Å². The summed E-state index contributed by atoms with van der Waals surface area (Å²) in [7, 11) is 1.58. The summed E-state index contributed by atoms with van der Waals surface area (Å²) in [6.07, 6.45) is -0.0302. The molecule has 0 aliphatic carbocycles. The molecule has 0 aromatic heterocycles. The highest BCUT2D eigenvalue weighted by Gasteiger charge is 2.29.